The standard InChI is InChI=1S/C22H25N5O5S/c1-5-27(11-17(29)24-15-8-6-14(7-9-15)23-13(3)28)10-16-25-20(30)18-12(2)19(22(31)32-4)33-21(18)26-16/h6-9H,5,10-11H2,1-4H3,(H,23,28)(H,24,29)(H,25,26,30). The quantitative estimate of drug-likeness (QED) is 0.430. The van der Waals surface area contributed by atoms with Crippen LogP contribution in [-0.4, -0.2) is 52.9 Å². The molecule has 3 N–H and O–H groups in total. The Balaban J connectivity index is 1.70. The van der Waals surface area contributed by atoms with Gasteiger partial charge in [-0.2, -0.15) is 0 Å². The molecule has 0 aliphatic rings. The molecule has 1 aromatic carbocycles. The Morgan fingerprint density at radius 3 is 2.36 bits per heavy atom. The first kappa shape index (κ1) is 24.1. The predicted octanol–water partition coefficient (Wildman–Crippen LogP) is 2.50. The molecule has 0 saturated carbocycles. The van der Waals surface area contributed by atoms with Crippen LogP contribution in [0.5, 0.6) is 0 Å². The maximum Gasteiger partial charge on any atom is 0.348 e. The average Bonchev–Trinajstić information content (AvgIpc) is 3.10. The number of esters is 1. The molecule has 0 radical (unpaired) electrons. The minimum absolute atomic E-state index is 0.0859. The molecule has 0 spiro atoms. The Bertz CT molecular complexity index is 1250. The smallest absolute Gasteiger partial charge is 0.348 e. The number of carbonyl (C=O) groups excluding carboxylic acids is 3. The fraction of sp³-hybridized carbons (Fsp3) is 0.318. The van der Waals surface area contributed by atoms with E-state index in [1.54, 1.807) is 31.2 Å². The molecular formula is C22H25N5O5S. The van der Waals surface area contributed by atoms with Crippen LogP contribution in [0, 0.1) is 6.92 Å². The Labute approximate surface area is 194 Å². The number of aromatic nitrogens is 2. The number of rotatable bonds is 8. The largest absolute Gasteiger partial charge is 0.465 e. The number of H-pyrrole nitrogens is 1. The van der Waals surface area contributed by atoms with E-state index >= 15 is 0 Å². The summed E-state index contributed by atoms with van der Waals surface area (Å²) in [4.78, 5) is 58.0. The number of aryl methyl sites for hydroxylation is 1. The number of nitrogens with one attached hydrogen (secondary N) is 3. The molecule has 0 atom stereocenters. The first-order valence-corrected chi connectivity index (χ1v) is 11.0. The van der Waals surface area contributed by atoms with Crippen molar-refractivity contribution in [3.05, 3.63) is 50.9 Å². The molecular weight excluding hydrogens is 446 g/mol. The van der Waals surface area contributed by atoms with Gasteiger partial charge in [0.15, 0.2) is 0 Å². The van der Waals surface area contributed by atoms with Gasteiger partial charge < -0.3 is 20.4 Å². The first-order valence-electron chi connectivity index (χ1n) is 10.2. The van der Waals surface area contributed by atoms with Gasteiger partial charge >= 0.3 is 5.97 Å². The van der Waals surface area contributed by atoms with Crippen molar-refractivity contribution in [3.8, 4) is 0 Å². The van der Waals surface area contributed by atoms with Crippen LogP contribution in [-0.2, 0) is 20.9 Å². The summed E-state index contributed by atoms with van der Waals surface area (Å²) in [5.74, 6) is -0.505. The second-order valence-corrected chi connectivity index (χ2v) is 8.35. The fourth-order valence-corrected chi connectivity index (χ4v) is 4.40. The van der Waals surface area contributed by atoms with Gasteiger partial charge in [0.25, 0.3) is 5.56 Å². The van der Waals surface area contributed by atoms with Crippen LogP contribution >= 0.6 is 11.3 Å². The van der Waals surface area contributed by atoms with Gasteiger partial charge in [-0.1, -0.05) is 6.92 Å². The van der Waals surface area contributed by atoms with Gasteiger partial charge in [0, 0.05) is 18.3 Å². The number of amides is 2. The molecule has 33 heavy (non-hydrogen) atoms. The zero-order chi connectivity index (χ0) is 24.1. The highest BCUT2D eigenvalue weighted by atomic mass is 32.1. The van der Waals surface area contributed by atoms with Crippen LogP contribution in [0.25, 0.3) is 10.2 Å². The van der Waals surface area contributed by atoms with Crippen LogP contribution in [0.4, 0.5) is 11.4 Å². The van der Waals surface area contributed by atoms with Crippen molar-refractivity contribution in [2.24, 2.45) is 0 Å². The molecule has 0 saturated heterocycles. The zero-order valence-corrected chi connectivity index (χ0v) is 19.6. The lowest BCUT2D eigenvalue weighted by Gasteiger charge is -2.19. The fourth-order valence-electron chi connectivity index (χ4n) is 3.29. The van der Waals surface area contributed by atoms with E-state index in [9.17, 15) is 19.2 Å². The van der Waals surface area contributed by atoms with E-state index in [1.165, 1.54) is 14.0 Å². The number of ether oxygens (including phenoxy) is 1. The second kappa shape index (κ2) is 10.4. The van der Waals surface area contributed by atoms with Gasteiger partial charge in [-0.15, -0.1) is 11.3 Å². The summed E-state index contributed by atoms with van der Waals surface area (Å²) in [6, 6.07) is 6.79. The summed E-state index contributed by atoms with van der Waals surface area (Å²) in [5.41, 5.74) is 1.44. The number of fused-ring (bicyclic) bond motifs is 1. The van der Waals surface area contributed by atoms with Crippen molar-refractivity contribution >= 4 is 50.7 Å². The minimum Gasteiger partial charge on any atom is -0.465 e. The lowest BCUT2D eigenvalue weighted by atomic mass is 10.2. The van der Waals surface area contributed by atoms with Crippen LogP contribution in [0.3, 0.4) is 0 Å². The molecule has 11 heteroatoms. The summed E-state index contributed by atoms with van der Waals surface area (Å²) >= 11 is 1.11. The number of methoxy groups -OCH3 is 1. The van der Waals surface area contributed by atoms with Gasteiger partial charge in [0.1, 0.15) is 15.5 Å². The van der Waals surface area contributed by atoms with Gasteiger partial charge in [-0.3, -0.25) is 19.3 Å². The highest BCUT2D eigenvalue weighted by molar-refractivity contribution is 7.20. The maximum absolute atomic E-state index is 12.6. The molecule has 0 unspecified atom stereocenters. The zero-order valence-electron chi connectivity index (χ0n) is 18.8. The molecule has 3 aromatic rings. The Kier molecular flexibility index (Phi) is 7.56. The molecule has 0 bridgehead atoms. The summed E-state index contributed by atoms with van der Waals surface area (Å²) in [7, 11) is 1.29. The predicted molar refractivity (Wildman–Crippen MR) is 127 cm³/mol. The van der Waals surface area contributed by atoms with Crippen molar-refractivity contribution in [3.63, 3.8) is 0 Å². The lowest BCUT2D eigenvalue weighted by Crippen LogP contribution is -2.33. The molecule has 174 valence electrons. The lowest BCUT2D eigenvalue weighted by molar-refractivity contribution is -0.117. The monoisotopic (exact) mass is 471 g/mol. The van der Waals surface area contributed by atoms with E-state index in [0.29, 0.717) is 44.4 Å². The number of likely N-dealkylation sites (N-methyl/N-ethyl adjacent to an activating group) is 1. The number of nitrogens with zero attached hydrogens (tertiary/aromatic N) is 2. The van der Waals surface area contributed by atoms with E-state index < -0.39 is 5.97 Å². The molecule has 0 aliphatic carbocycles. The molecule has 10 nitrogen and oxygen atoms in total. The first-order chi connectivity index (χ1) is 15.7. The second-order valence-electron chi connectivity index (χ2n) is 7.35. The third-order valence-corrected chi connectivity index (χ3v) is 6.06. The maximum atomic E-state index is 12.6. The van der Waals surface area contributed by atoms with E-state index in [2.05, 4.69) is 20.6 Å². The van der Waals surface area contributed by atoms with E-state index in [0.717, 1.165) is 11.3 Å². The number of aromatic amines is 1. The third-order valence-electron chi connectivity index (χ3n) is 4.90. The Morgan fingerprint density at radius 2 is 1.79 bits per heavy atom. The molecule has 2 aromatic heterocycles. The van der Waals surface area contributed by atoms with Crippen molar-refractivity contribution in [1.82, 2.24) is 14.9 Å². The van der Waals surface area contributed by atoms with E-state index in [1.807, 2.05) is 11.8 Å². The highest BCUT2D eigenvalue weighted by Gasteiger charge is 2.20. The summed E-state index contributed by atoms with van der Waals surface area (Å²) in [6.07, 6.45) is 0. The number of thiophene rings is 1. The average molecular weight is 472 g/mol. The SMILES string of the molecule is CCN(CC(=O)Nc1ccc(NC(C)=O)cc1)Cc1nc2sc(C(=O)OC)c(C)c2c(=O)[nH]1. The van der Waals surface area contributed by atoms with Crippen molar-refractivity contribution < 1.29 is 19.1 Å². The van der Waals surface area contributed by atoms with Crippen LogP contribution < -0.4 is 16.2 Å². The van der Waals surface area contributed by atoms with Crippen LogP contribution in [0.2, 0.25) is 0 Å². The topological polar surface area (TPSA) is 133 Å². The number of benzene rings is 1. The van der Waals surface area contributed by atoms with Gasteiger partial charge in [-0.25, -0.2) is 9.78 Å². The Morgan fingerprint density at radius 1 is 1.15 bits per heavy atom. The highest BCUT2D eigenvalue weighted by Crippen LogP contribution is 2.27. The Hall–Kier alpha value is -3.57. The van der Waals surface area contributed by atoms with Gasteiger partial charge in [0.05, 0.1) is 25.6 Å². The molecule has 0 aliphatic heterocycles. The van der Waals surface area contributed by atoms with Crippen molar-refractivity contribution in [1.29, 1.82) is 0 Å². The number of anilines is 2. The molecule has 2 heterocycles. The van der Waals surface area contributed by atoms with Gasteiger partial charge in [0.2, 0.25) is 11.8 Å². The number of carbonyl (C=O) groups is 3. The van der Waals surface area contributed by atoms with E-state index in [-0.39, 0.29) is 30.5 Å². The normalized spacial score (nSPS) is 10.9. The summed E-state index contributed by atoms with van der Waals surface area (Å²) in [5, 5.41) is 5.84. The van der Waals surface area contributed by atoms with Crippen LogP contribution in [0.15, 0.2) is 29.1 Å². The van der Waals surface area contributed by atoms with Crippen molar-refractivity contribution in [2.75, 3.05) is 30.8 Å². The van der Waals surface area contributed by atoms with Crippen LogP contribution in [0.1, 0.15) is 34.9 Å². The number of hydrogen-bond donors (Lipinski definition) is 3. The summed E-state index contributed by atoms with van der Waals surface area (Å²) < 4.78 is 4.77. The number of hydrogen-bond acceptors (Lipinski definition) is 8. The summed E-state index contributed by atoms with van der Waals surface area (Å²) in [6.45, 7) is 5.90. The van der Waals surface area contributed by atoms with Crippen molar-refractivity contribution in [2.45, 2.75) is 27.3 Å². The molecule has 3 rings (SSSR count). The van der Waals surface area contributed by atoms with E-state index in [4.69, 9.17) is 4.74 Å². The minimum atomic E-state index is -0.506. The molecule has 2 amide bonds. The van der Waals surface area contributed by atoms with Gasteiger partial charge in [-0.05, 0) is 43.3 Å². The molecule has 0 fully saturated rings. The third kappa shape index (κ3) is 5.82.